The van der Waals surface area contributed by atoms with Gasteiger partial charge in [-0.2, -0.15) is 0 Å². The van der Waals surface area contributed by atoms with Crippen molar-refractivity contribution in [1.29, 1.82) is 0 Å². The van der Waals surface area contributed by atoms with Gasteiger partial charge in [-0.1, -0.05) is 36.0 Å². The Labute approximate surface area is 118 Å². The minimum Gasteiger partial charge on any atom is -0.390 e. The third-order valence-corrected chi connectivity index (χ3v) is 3.67. The summed E-state index contributed by atoms with van der Waals surface area (Å²) in [6.45, 7) is 2.14. The summed E-state index contributed by atoms with van der Waals surface area (Å²) >= 11 is 1.16. The average Bonchev–Trinajstić information content (AvgIpc) is 2.38. The van der Waals surface area contributed by atoms with Crippen molar-refractivity contribution >= 4 is 16.9 Å². The zero-order valence-corrected chi connectivity index (χ0v) is 12.1. The van der Waals surface area contributed by atoms with Crippen LogP contribution in [-0.4, -0.2) is 34.2 Å². The normalized spacial score (nSPS) is 14.1. The molecular weight excluding hydrogens is 262 g/mol. The Morgan fingerprint density at radius 1 is 1.37 bits per heavy atom. The smallest absolute Gasteiger partial charge is 0.185 e. The molecule has 0 bridgehead atoms. The predicted molar refractivity (Wildman–Crippen MR) is 77.9 cm³/mol. The number of hydrogen-bond donors (Lipinski definition) is 3. The van der Waals surface area contributed by atoms with Crippen molar-refractivity contribution in [2.24, 2.45) is 0 Å². The van der Waals surface area contributed by atoms with E-state index in [-0.39, 0.29) is 5.12 Å². The van der Waals surface area contributed by atoms with E-state index in [1.165, 1.54) is 6.92 Å². The molecule has 1 aromatic carbocycles. The van der Waals surface area contributed by atoms with Crippen LogP contribution in [-0.2, 0) is 11.3 Å². The van der Waals surface area contributed by atoms with Crippen LogP contribution in [0.2, 0.25) is 0 Å². The van der Waals surface area contributed by atoms with Gasteiger partial charge < -0.3 is 15.5 Å². The maximum absolute atomic E-state index is 10.8. The number of hydrogen-bond acceptors (Lipinski definition) is 5. The quantitative estimate of drug-likeness (QED) is 0.707. The van der Waals surface area contributed by atoms with Crippen molar-refractivity contribution in [3.63, 3.8) is 0 Å². The Hall–Kier alpha value is -0.880. The van der Waals surface area contributed by atoms with Gasteiger partial charge in [-0.3, -0.25) is 4.79 Å². The lowest BCUT2D eigenvalue weighted by molar-refractivity contribution is -0.109. The molecule has 0 spiro atoms. The second-order valence-electron chi connectivity index (χ2n) is 4.37. The van der Waals surface area contributed by atoms with E-state index in [4.69, 9.17) is 0 Å². The lowest BCUT2D eigenvalue weighted by atomic mass is 9.97. The van der Waals surface area contributed by atoms with Gasteiger partial charge in [-0.05, 0) is 24.6 Å². The zero-order valence-electron chi connectivity index (χ0n) is 11.3. The van der Waals surface area contributed by atoms with Crippen LogP contribution in [0.3, 0.4) is 0 Å². The Kier molecular flexibility index (Phi) is 7.09. The van der Waals surface area contributed by atoms with Crippen molar-refractivity contribution in [3.05, 3.63) is 35.4 Å². The number of thioether (sulfide) groups is 1. The van der Waals surface area contributed by atoms with Crippen molar-refractivity contribution in [2.45, 2.75) is 32.1 Å². The first-order valence-corrected chi connectivity index (χ1v) is 7.26. The van der Waals surface area contributed by atoms with E-state index in [1.54, 1.807) is 0 Å². The molecule has 1 rings (SSSR count). The molecule has 0 aliphatic rings. The van der Waals surface area contributed by atoms with Gasteiger partial charge >= 0.3 is 0 Å². The molecule has 0 saturated carbocycles. The van der Waals surface area contributed by atoms with Crippen LogP contribution >= 0.6 is 11.8 Å². The van der Waals surface area contributed by atoms with E-state index >= 15 is 0 Å². The SMILES string of the molecule is CNCc1ccccc1C(O)C(O)CCSC(C)=O. The summed E-state index contributed by atoms with van der Waals surface area (Å²) in [5.41, 5.74) is 1.70. The number of benzene rings is 1. The Balaban J connectivity index is 2.65. The van der Waals surface area contributed by atoms with E-state index in [9.17, 15) is 15.0 Å². The fraction of sp³-hybridized carbons (Fsp3) is 0.500. The monoisotopic (exact) mass is 283 g/mol. The summed E-state index contributed by atoms with van der Waals surface area (Å²) in [5.74, 6) is 0.516. The van der Waals surface area contributed by atoms with Gasteiger partial charge in [0.15, 0.2) is 5.12 Å². The standard InChI is InChI=1S/C14H21NO3S/c1-10(16)19-8-7-13(17)14(18)12-6-4-3-5-11(12)9-15-2/h3-6,13-15,17-18H,7-9H2,1-2H3. The summed E-state index contributed by atoms with van der Waals surface area (Å²) in [5, 5.41) is 23.2. The third-order valence-electron chi connectivity index (χ3n) is 2.82. The van der Waals surface area contributed by atoms with Crippen LogP contribution in [0.15, 0.2) is 24.3 Å². The topological polar surface area (TPSA) is 69.6 Å². The number of aliphatic hydroxyl groups excluding tert-OH is 2. The first kappa shape index (κ1) is 16.2. The molecule has 106 valence electrons. The van der Waals surface area contributed by atoms with Crippen LogP contribution in [0.4, 0.5) is 0 Å². The molecule has 0 heterocycles. The molecule has 0 aliphatic carbocycles. The molecule has 4 nitrogen and oxygen atoms in total. The molecule has 0 radical (unpaired) electrons. The van der Waals surface area contributed by atoms with Gasteiger partial charge in [0.25, 0.3) is 0 Å². The fourth-order valence-corrected chi connectivity index (χ4v) is 2.51. The molecular formula is C14H21NO3S. The molecule has 0 saturated heterocycles. The van der Waals surface area contributed by atoms with Gasteiger partial charge in [0.05, 0.1) is 6.10 Å². The van der Waals surface area contributed by atoms with Crippen LogP contribution in [0.5, 0.6) is 0 Å². The molecule has 19 heavy (non-hydrogen) atoms. The molecule has 0 aromatic heterocycles. The molecule has 0 fully saturated rings. The second kappa shape index (κ2) is 8.32. The number of nitrogens with one attached hydrogen (secondary N) is 1. The van der Waals surface area contributed by atoms with E-state index in [1.807, 2.05) is 31.3 Å². The van der Waals surface area contributed by atoms with Gasteiger partial charge in [-0.15, -0.1) is 0 Å². The molecule has 0 aliphatic heterocycles. The minimum atomic E-state index is -0.919. The van der Waals surface area contributed by atoms with Gasteiger partial charge in [0.2, 0.25) is 0 Å². The van der Waals surface area contributed by atoms with Crippen LogP contribution in [0, 0.1) is 0 Å². The molecule has 1 aromatic rings. The van der Waals surface area contributed by atoms with E-state index < -0.39 is 12.2 Å². The van der Waals surface area contributed by atoms with Crippen LogP contribution in [0.1, 0.15) is 30.6 Å². The summed E-state index contributed by atoms with van der Waals surface area (Å²) in [4.78, 5) is 10.8. The Morgan fingerprint density at radius 2 is 2.05 bits per heavy atom. The largest absolute Gasteiger partial charge is 0.390 e. The maximum Gasteiger partial charge on any atom is 0.185 e. The minimum absolute atomic E-state index is 0.0253. The van der Waals surface area contributed by atoms with Crippen molar-refractivity contribution < 1.29 is 15.0 Å². The number of carbonyl (C=O) groups is 1. The van der Waals surface area contributed by atoms with Crippen LogP contribution in [0.25, 0.3) is 0 Å². The number of rotatable bonds is 7. The Bertz CT molecular complexity index is 411. The summed E-state index contributed by atoms with van der Waals surface area (Å²) in [6.07, 6.45) is -1.39. The Morgan fingerprint density at radius 3 is 2.68 bits per heavy atom. The van der Waals surface area contributed by atoms with Crippen molar-refractivity contribution in [3.8, 4) is 0 Å². The highest BCUT2D eigenvalue weighted by molar-refractivity contribution is 8.13. The van der Waals surface area contributed by atoms with Gasteiger partial charge in [-0.25, -0.2) is 0 Å². The number of carbonyl (C=O) groups excluding carboxylic acids is 1. The van der Waals surface area contributed by atoms with Crippen molar-refractivity contribution in [2.75, 3.05) is 12.8 Å². The first-order chi connectivity index (χ1) is 9.06. The predicted octanol–water partition coefficient (Wildman–Crippen LogP) is 1.47. The van der Waals surface area contributed by atoms with Gasteiger partial charge in [0.1, 0.15) is 6.10 Å². The highest BCUT2D eigenvalue weighted by Gasteiger charge is 2.20. The van der Waals surface area contributed by atoms with Crippen molar-refractivity contribution in [1.82, 2.24) is 5.32 Å². The maximum atomic E-state index is 10.8. The molecule has 0 amide bonds. The summed E-state index contributed by atoms with van der Waals surface area (Å²) in [7, 11) is 1.84. The molecule has 2 atom stereocenters. The summed E-state index contributed by atoms with van der Waals surface area (Å²) in [6, 6.07) is 7.49. The lowest BCUT2D eigenvalue weighted by Gasteiger charge is -2.20. The van der Waals surface area contributed by atoms with E-state index in [0.717, 1.165) is 22.9 Å². The highest BCUT2D eigenvalue weighted by atomic mass is 32.2. The van der Waals surface area contributed by atoms with Gasteiger partial charge in [0, 0.05) is 19.2 Å². The highest BCUT2D eigenvalue weighted by Crippen LogP contribution is 2.23. The first-order valence-electron chi connectivity index (χ1n) is 6.28. The molecule has 2 unspecified atom stereocenters. The lowest BCUT2D eigenvalue weighted by Crippen LogP contribution is -2.21. The van der Waals surface area contributed by atoms with Crippen LogP contribution < -0.4 is 5.32 Å². The molecule has 5 heteroatoms. The second-order valence-corrected chi connectivity index (χ2v) is 5.64. The number of aliphatic hydroxyl groups is 2. The van der Waals surface area contributed by atoms with E-state index in [2.05, 4.69) is 5.32 Å². The average molecular weight is 283 g/mol. The molecule has 3 N–H and O–H groups in total. The summed E-state index contributed by atoms with van der Waals surface area (Å²) < 4.78 is 0. The fourth-order valence-electron chi connectivity index (χ4n) is 1.86. The zero-order chi connectivity index (χ0) is 14.3. The third kappa shape index (κ3) is 5.32. The van der Waals surface area contributed by atoms with E-state index in [0.29, 0.717) is 18.7 Å².